The zero-order valence-corrected chi connectivity index (χ0v) is 27.2. The van der Waals surface area contributed by atoms with E-state index in [0.29, 0.717) is 83.3 Å². The quantitative estimate of drug-likeness (QED) is 0.236. The summed E-state index contributed by atoms with van der Waals surface area (Å²) in [5, 5.41) is 22.7. The molecule has 7 rings (SSSR count). The van der Waals surface area contributed by atoms with Crippen LogP contribution in [0.1, 0.15) is 34.3 Å². The first-order valence-corrected chi connectivity index (χ1v) is 15.6. The van der Waals surface area contributed by atoms with Gasteiger partial charge in [0.2, 0.25) is 13.6 Å². The predicted octanol–water partition coefficient (Wildman–Crippen LogP) is 5.09. The molecular formula is C36H38N2O10. The van der Waals surface area contributed by atoms with E-state index in [2.05, 4.69) is 9.80 Å². The Labute approximate surface area is 278 Å². The minimum Gasteiger partial charge on any atom is -0.507 e. The van der Waals surface area contributed by atoms with Gasteiger partial charge in [-0.2, -0.15) is 0 Å². The fraction of sp³-hybridized carbons (Fsp3) is 0.333. The first kappa shape index (κ1) is 31.4. The van der Waals surface area contributed by atoms with E-state index in [1.165, 1.54) is 0 Å². The number of aromatic hydroxyl groups is 2. The molecule has 0 saturated carbocycles. The Bertz CT molecular complexity index is 1680. The molecule has 0 radical (unpaired) electrons. The van der Waals surface area contributed by atoms with Gasteiger partial charge in [-0.25, -0.2) is 0 Å². The molecule has 4 aromatic rings. The van der Waals surface area contributed by atoms with Crippen LogP contribution in [0, 0.1) is 0 Å². The molecule has 2 atom stereocenters. The van der Waals surface area contributed by atoms with Crippen LogP contribution >= 0.6 is 0 Å². The summed E-state index contributed by atoms with van der Waals surface area (Å²) in [5.74, 6) is 4.92. The number of methoxy groups -OCH3 is 4. The maximum Gasteiger partial charge on any atom is 0.231 e. The van der Waals surface area contributed by atoms with E-state index < -0.39 is 12.1 Å². The number of benzene rings is 4. The lowest BCUT2D eigenvalue weighted by molar-refractivity contribution is 0.0867. The van der Waals surface area contributed by atoms with Gasteiger partial charge in [0.1, 0.15) is 34.5 Å². The Morgan fingerprint density at radius 1 is 0.500 bits per heavy atom. The van der Waals surface area contributed by atoms with Crippen molar-refractivity contribution in [1.82, 2.24) is 9.80 Å². The molecular weight excluding hydrogens is 620 g/mol. The van der Waals surface area contributed by atoms with Gasteiger partial charge in [-0.15, -0.1) is 0 Å². The Morgan fingerprint density at radius 3 is 1.23 bits per heavy atom. The van der Waals surface area contributed by atoms with E-state index in [0.717, 1.165) is 11.1 Å². The number of piperazine rings is 1. The van der Waals surface area contributed by atoms with E-state index in [1.54, 1.807) is 40.6 Å². The molecule has 12 nitrogen and oxygen atoms in total. The summed E-state index contributed by atoms with van der Waals surface area (Å²) in [6.45, 7) is 2.61. The number of phenols is 2. The van der Waals surface area contributed by atoms with Gasteiger partial charge in [0.15, 0.2) is 23.0 Å². The number of hydrogen-bond donors (Lipinski definition) is 2. The van der Waals surface area contributed by atoms with E-state index in [-0.39, 0.29) is 25.1 Å². The lowest BCUT2D eigenvalue weighted by atomic mass is 9.92. The number of nitrogens with zero attached hydrogens (tertiary/aromatic N) is 2. The highest BCUT2D eigenvalue weighted by atomic mass is 16.7. The predicted molar refractivity (Wildman–Crippen MR) is 174 cm³/mol. The number of fused-ring (bicyclic) bond motifs is 2. The molecule has 252 valence electrons. The fourth-order valence-corrected chi connectivity index (χ4v) is 6.80. The van der Waals surface area contributed by atoms with Crippen LogP contribution in [0.2, 0.25) is 0 Å². The molecule has 0 aromatic heterocycles. The van der Waals surface area contributed by atoms with E-state index >= 15 is 0 Å². The van der Waals surface area contributed by atoms with Crippen molar-refractivity contribution >= 4 is 0 Å². The largest absolute Gasteiger partial charge is 0.507 e. The van der Waals surface area contributed by atoms with Gasteiger partial charge in [-0.05, 0) is 36.4 Å². The minimum atomic E-state index is -0.393. The molecule has 0 amide bonds. The first-order valence-electron chi connectivity index (χ1n) is 15.6. The Hall–Kier alpha value is -5.20. The van der Waals surface area contributed by atoms with Crippen molar-refractivity contribution in [3.05, 3.63) is 82.9 Å². The van der Waals surface area contributed by atoms with E-state index in [4.69, 9.17) is 37.9 Å². The van der Waals surface area contributed by atoms with Crippen molar-refractivity contribution in [3.8, 4) is 57.5 Å². The number of hydrogen-bond acceptors (Lipinski definition) is 12. The Balaban J connectivity index is 1.27. The fourth-order valence-electron chi connectivity index (χ4n) is 6.80. The molecule has 0 aliphatic carbocycles. The van der Waals surface area contributed by atoms with Gasteiger partial charge in [0.05, 0.1) is 40.5 Å². The van der Waals surface area contributed by atoms with Gasteiger partial charge in [0.25, 0.3) is 0 Å². The second-order valence-corrected chi connectivity index (χ2v) is 11.6. The normalized spacial score (nSPS) is 16.8. The van der Waals surface area contributed by atoms with Gasteiger partial charge >= 0.3 is 0 Å². The van der Waals surface area contributed by atoms with Crippen LogP contribution < -0.4 is 37.9 Å². The van der Waals surface area contributed by atoms with E-state index in [9.17, 15) is 10.2 Å². The molecule has 4 aromatic carbocycles. The molecule has 3 aliphatic rings. The monoisotopic (exact) mass is 658 g/mol. The second kappa shape index (κ2) is 13.1. The third-order valence-corrected chi connectivity index (χ3v) is 9.18. The maximum atomic E-state index is 11.3. The number of phenolic OH excluding ortho intramolecular Hbond substituents is 2. The van der Waals surface area contributed by atoms with Crippen LogP contribution in [-0.2, 0) is 0 Å². The van der Waals surface area contributed by atoms with Crippen molar-refractivity contribution in [3.63, 3.8) is 0 Å². The SMILES string of the molecule is COc1ccc(C(c2cc3c(cc2O)OCO3)N2CCN(C(c3cc4c(cc3O)OCO4)c3ccc(OC)cc3OC)CC2)c(OC)c1. The standard InChI is InChI=1S/C36H38N2O10/c1-41-21-5-7-23(29(13-21)43-3)35(25-15-31-33(17-27(25)39)47-19-45-31)37-9-11-38(12-10-37)36(24-8-6-22(42-2)14-30(24)44-4)26-16-32-34(18-28(26)40)48-20-46-32/h5-8,13-18,35-36,39-40H,9-12,19-20H2,1-4H3. The van der Waals surface area contributed by atoms with Crippen LogP contribution in [0.4, 0.5) is 0 Å². The Kier molecular flexibility index (Phi) is 8.59. The van der Waals surface area contributed by atoms with Gasteiger partial charge < -0.3 is 48.1 Å². The van der Waals surface area contributed by atoms with Crippen LogP contribution in [0.3, 0.4) is 0 Å². The summed E-state index contributed by atoms with van der Waals surface area (Å²) in [6, 6.07) is 17.5. The number of ether oxygens (including phenoxy) is 8. The van der Waals surface area contributed by atoms with Crippen LogP contribution in [0.25, 0.3) is 0 Å². The smallest absolute Gasteiger partial charge is 0.231 e. The van der Waals surface area contributed by atoms with Crippen molar-refractivity contribution in [1.29, 1.82) is 0 Å². The summed E-state index contributed by atoms with van der Waals surface area (Å²) in [5.41, 5.74) is 3.06. The van der Waals surface area contributed by atoms with Crippen molar-refractivity contribution in [2.24, 2.45) is 0 Å². The lowest BCUT2D eigenvalue weighted by Crippen LogP contribution is -2.49. The molecule has 12 heteroatoms. The summed E-state index contributed by atoms with van der Waals surface area (Å²) >= 11 is 0. The minimum absolute atomic E-state index is 0.0932. The lowest BCUT2D eigenvalue weighted by Gasteiger charge is -2.43. The molecule has 2 N–H and O–H groups in total. The molecule has 3 heterocycles. The van der Waals surface area contributed by atoms with Gasteiger partial charge in [0, 0.05) is 72.7 Å². The highest BCUT2D eigenvalue weighted by molar-refractivity contribution is 5.58. The van der Waals surface area contributed by atoms with E-state index in [1.807, 2.05) is 48.5 Å². The third kappa shape index (κ3) is 5.67. The van der Waals surface area contributed by atoms with Crippen molar-refractivity contribution in [2.45, 2.75) is 12.1 Å². The molecule has 1 fully saturated rings. The molecule has 0 bridgehead atoms. The zero-order chi connectivity index (χ0) is 33.4. The van der Waals surface area contributed by atoms with Gasteiger partial charge in [-0.1, -0.05) is 0 Å². The first-order chi connectivity index (χ1) is 23.4. The molecule has 1 saturated heterocycles. The van der Waals surface area contributed by atoms with Gasteiger partial charge in [-0.3, -0.25) is 9.80 Å². The molecule has 2 unspecified atom stereocenters. The van der Waals surface area contributed by atoms with Crippen molar-refractivity contribution in [2.75, 3.05) is 68.2 Å². The second-order valence-electron chi connectivity index (χ2n) is 11.6. The molecule has 48 heavy (non-hydrogen) atoms. The average Bonchev–Trinajstić information content (AvgIpc) is 3.78. The molecule has 0 spiro atoms. The highest BCUT2D eigenvalue weighted by Crippen LogP contribution is 2.48. The average molecular weight is 659 g/mol. The maximum absolute atomic E-state index is 11.3. The molecule has 3 aliphatic heterocycles. The summed E-state index contributed by atoms with van der Waals surface area (Å²) in [4.78, 5) is 4.61. The van der Waals surface area contributed by atoms with Crippen LogP contribution in [-0.4, -0.2) is 88.2 Å². The van der Waals surface area contributed by atoms with Crippen LogP contribution in [0.5, 0.6) is 57.5 Å². The number of rotatable bonds is 10. The highest BCUT2D eigenvalue weighted by Gasteiger charge is 2.36. The van der Waals surface area contributed by atoms with Crippen LogP contribution in [0.15, 0.2) is 60.7 Å². The summed E-state index contributed by atoms with van der Waals surface area (Å²) < 4.78 is 45.2. The summed E-state index contributed by atoms with van der Waals surface area (Å²) in [7, 11) is 6.47. The topological polar surface area (TPSA) is 121 Å². The van der Waals surface area contributed by atoms with Crippen molar-refractivity contribution < 1.29 is 48.1 Å². The Morgan fingerprint density at radius 2 is 0.875 bits per heavy atom. The summed E-state index contributed by atoms with van der Waals surface area (Å²) in [6.07, 6.45) is 0. The zero-order valence-electron chi connectivity index (χ0n) is 27.2. The third-order valence-electron chi connectivity index (χ3n) is 9.18.